The van der Waals surface area contributed by atoms with Gasteiger partial charge in [-0.3, -0.25) is 13.9 Å². The molecule has 1 fully saturated rings. The van der Waals surface area contributed by atoms with Crippen LogP contribution in [0.1, 0.15) is 43.7 Å². The summed E-state index contributed by atoms with van der Waals surface area (Å²) < 4.78 is 43.3. The largest absolute Gasteiger partial charge is 0.352 e. The third kappa shape index (κ3) is 6.82. The van der Waals surface area contributed by atoms with Gasteiger partial charge in [-0.05, 0) is 62.6 Å². The highest BCUT2D eigenvalue weighted by Gasteiger charge is 2.33. The summed E-state index contributed by atoms with van der Waals surface area (Å²) in [5.41, 5.74) is 1.15. The number of hydrogen-bond acceptors (Lipinski definition) is 4. The van der Waals surface area contributed by atoms with Gasteiger partial charge >= 0.3 is 0 Å². The first-order valence-corrected chi connectivity index (χ1v) is 15.1. The van der Waals surface area contributed by atoms with Crippen molar-refractivity contribution in [2.24, 2.45) is 0 Å². The minimum absolute atomic E-state index is 0.00724. The summed E-state index contributed by atoms with van der Waals surface area (Å²) in [6.07, 6.45) is 3.75. The van der Waals surface area contributed by atoms with Gasteiger partial charge in [0.15, 0.2) is 0 Å². The van der Waals surface area contributed by atoms with Crippen LogP contribution in [0.2, 0.25) is 5.02 Å². The molecule has 1 atom stereocenters. The minimum atomic E-state index is -4.21. The first kappa shape index (κ1) is 29.6. The Morgan fingerprint density at radius 1 is 1.02 bits per heavy atom. The molecule has 2 amide bonds. The van der Waals surface area contributed by atoms with Gasteiger partial charge in [0.05, 0.1) is 10.6 Å². The fraction of sp³-hybridized carbons (Fsp3) is 0.333. The van der Waals surface area contributed by atoms with E-state index in [2.05, 4.69) is 5.32 Å². The van der Waals surface area contributed by atoms with E-state index in [-0.39, 0.29) is 34.6 Å². The maximum Gasteiger partial charge on any atom is 0.264 e. The van der Waals surface area contributed by atoms with Gasteiger partial charge in [-0.15, -0.1) is 0 Å². The molecular formula is C30H33ClFN3O4S. The Bertz CT molecular complexity index is 1460. The maximum absolute atomic E-state index is 14.7. The van der Waals surface area contributed by atoms with Crippen LogP contribution in [0.25, 0.3) is 0 Å². The van der Waals surface area contributed by atoms with E-state index in [1.54, 1.807) is 50.2 Å². The number of hydrogen-bond donors (Lipinski definition) is 1. The molecule has 1 N–H and O–H groups in total. The summed E-state index contributed by atoms with van der Waals surface area (Å²) >= 11 is 6.34. The van der Waals surface area contributed by atoms with E-state index < -0.39 is 34.3 Å². The molecule has 0 heterocycles. The SMILES string of the molecule is Cc1ccc(N(CC(=O)N(Cc2ccccc2F)[C@@H](C)C(=O)NC2CCCC2)S(=O)(=O)c2ccccc2)cc1Cl. The van der Waals surface area contributed by atoms with Crippen LogP contribution in [0.4, 0.5) is 10.1 Å². The first-order chi connectivity index (χ1) is 19.1. The van der Waals surface area contributed by atoms with Crippen molar-refractivity contribution < 1.29 is 22.4 Å². The average molecular weight is 586 g/mol. The summed E-state index contributed by atoms with van der Waals surface area (Å²) in [4.78, 5) is 28.4. The number of nitrogens with zero attached hydrogens (tertiary/aromatic N) is 2. The Balaban J connectivity index is 1.70. The molecule has 1 aliphatic rings. The minimum Gasteiger partial charge on any atom is -0.352 e. The lowest BCUT2D eigenvalue weighted by molar-refractivity contribution is -0.139. The molecule has 10 heteroatoms. The number of anilines is 1. The van der Waals surface area contributed by atoms with E-state index in [1.807, 2.05) is 0 Å². The fourth-order valence-electron chi connectivity index (χ4n) is 4.77. The third-order valence-corrected chi connectivity index (χ3v) is 9.42. The van der Waals surface area contributed by atoms with Crippen LogP contribution in [0, 0.1) is 12.7 Å². The lowest BCUT2D eigenvalue weighted by Gasteiger charge is -2.32. The van der Waals surface area contributed by atoms with Gasteiger partial charge in [-0.1, -0.05) is 66.9 Å². The van der Waals surface area contributed by atoms with Crippen molar-refractivity contribution in [2.75, 3.05) is 10.8 Å². The molecule has 0 bridgehead atoms. The Morgan fingerprint density at radius 2 is 1.68 bits per heavy atom. The molecule has 3 aromatic carbocycles. The number of aryl methyl sites for hydroxylation is 1. The number of carbonyl (C=O) groups excluding carboxylic acids is 2. The van der Waals surface area contributed by atoms with Crippen molar-refractivity contribution in [2.45, 2.75) is 63.1 Å². The second-order valence-electron chi connectivity index (χ2n) is 10.0. The molecule has 4 rings (SSSR count). The van der Waals surface area contributed by atoms with E-state index >= 15 is 0 Å². The fourth-order valence-corrected chi connectivity index (χ4v) is 6.37. The van der Waals surface area contributed by atoms with Gasteiger partial charge in [-0.2, -0.15) is 0 Å². The molecule has 3 aromatic rings. The first-order valence-electron chi connectivity index (χ1n) is 13.2. The predicted octanol–water partition coefficient (Wildman–Crippen LogP) is 5.46. The number of halogens is 2. The third-order valence-electron chi connectivity index (χ3n) is 7.22. The van der Waals surface area contributed by atoms with E-state index in [4.69, 9.17) is 11.6 Å². The van der Waals surface area contributed by atoms with Crippen LogP contribution in [0.5, 0.6) is 0 Å². The molecule has 40 heavy (non-hydrogen) atoms. The molecule has 1 aliphatic carbocycles. The lowest BCUT2D eigenvalue weighted by atomic mass is 10.1. The topological polar surface area (TPSA) is 86.8 Å². The molecule has 1 saturated carbocycles. The van der Waals surface area contributed by atoms with Crippen LogP contribution >= 0.6 is 11.6 Å². The van der Waals surface area contributed by atoms with Crippen LogP contribution in [0.15, 0.2) is 77.7 Å². The van der Waals surface area contributed by atoms with Crippen molar-refractivity contribution in [1.29, 1.82) is 0 Å². The Labute approximate surface area is 240 Å². The van der Waals surface area contributed by atoms with Crippen LogP contribution < -0.4 is 9.62 Å². The smallest absolute Gasteiger partial charge is 0.264 e. The summed E-state index contributed by atoms with van der Waals surface area (Å²) in [5.74, 6) is -1.55. The number of rotatable bonds is 10. The summed E-state index contributed by atoms with van der Waals surface area (Å²) in [6, 6.07) is 17.5. The zero-order valence-corrected chi connectivity index (χ0v) is 24.1. The zero-order valence-electron chi connectivity index (χ0n) is 22.5. The number of sulfonamides is 1. The van der Waals surface area contributed by atoms with Gasteiger partial charge in [0.25, 0.3) is 10.0 Å². The van der Waals surface area contributed by atoms with Crippen molar-refractivity contribution in [3.8, 4) is 0 Å². The highest BCUT2D eigenvalue weighted by molar-refractivity contribution is 7.92. The van der Waals surface area contributed by atoms with E-state index in [0.717, 1.165) is 35.6 Å². The van der Waals surface area contributed by atoms with Crippen molar-refractivity contribution in [3.63, 3.8) is 0 Å². The second-order valence-corrected chi connectivity index (χ2v) is 12.3. The molecule has 212 valence electrons. The molecule has 0 spiro atoms. The van der Waals surface area contributed by atoms with Gasteiger partial charge < -0.3 is 10.2 Å². The molecule has 0 aromatic heterocycles. The van der Waals surface area contributed by atoms with E-state index in [9.17, 15) is 22.4 Å². The Morgan fingerprint density at radius 3 is 2.33 bits per heavy atom. The van der Waals surface area contributed by atoms with Crippen LogP contribution in [-0.2, 0) is 26.2 Å². The van der Waals surface area contributed by atoms with Crippen molar-refractivity contribution >= 4 is 39.1 Å². The predicted molar refractivity (Wildman–Crippen MR) is 154 cm³/mol. The van der Waals surface area contributed by atoms with Crippen LogP contribution in [-0.4, -0.2) is 43.8 Å². The zero-order chi connectivity index (χ0) is 28.9. The van der Waals surface area contributed by atoms with E-state index in [0.29, 0.717) is 5.02 Å². The van der Waals surface area contributed by atoms with Gasteiger partial charge in [0.2, 0.25) is 11.8 Å². The number of nitrogens with one attached hydrogen (secondary N) is 1. The van der Waals surface area contributed by atoms with Gasteiger partial charge in [-0.25, -0.2) is 12.8 Å². The molecule has 0 radical (unpaired) electrons. The highest BCUT2D eigenvalue weighted by atomic mass is 35.5. The monoisotopic (exact) mass is 585 g/mol. The quantitative estimate of drug-likeness (QED) is 0.342. The average Bonchev–Trinajstić information content (AvgIpc) is 3.46. The maximum atomic E-state index is 14.7. The number of amides is 2. The normalized spacial score (nSPS) is 14.5. The van der Waals surface area contributed by atoms with Gasteiger partial charge in [0.1, 0.15) is 18.4 Å². The van der Waals surface area contributed by atoms with Crippen molar-refractivity contribution in [1.82, 2.24) is 10.2 Å². The molecule has 7 nitrogen and oxygen atoms in total. The molecule has 0 unspecified atom stereocenters. The second kappa shape index (κ2) is 12.8. The molecule has 0 saturated heterocycles. The van der Waals surface area contributed by atoms with Gasteiger partial charge in [0, 0.05) is 23.2 Å². The Kier molecular flexibility index (Phi) is 9.48. The Hall–Kier alpha value is -3.43. The summed E-state index contributed by atoms with van der Waals surface area (Å²) in [5, 5.41) is 3.33. The lowest BCUT2D eigenvalue weighted by Crippen LogP contribution is -2.52. The van der Waals surface area contributed by atoms with E-state index in [1.165, 1.54) is 41.3 Å². The highest BCUT2D eigenvalue weighted by Crippen LogP contribution is 2.29. The number of carbonyl (C=O) groups is 2. The molecule has 0 aliphatic heterocycles. The summed E-state index contributed by atoms with van der Waals surface area (Å²) in [6.45, 7) is 2.53. The number of benzene rings is 3. The molecular weight excluding hydrogens is 553 g/mol. The van der Waals surface area contributed by atoms with Crippen molar-refractivity contribution in [3.05, 3.63) is 94.8 Å². The standard InChI is InChI=1S/C30H33ClFN3O4S/c1-21-16-17-25(18-27(21)31)35(40(38,39)26-13-4-3-5-14-26)20-29(36)34(19-23-10-6-9-15-28(23)32)22(2)30(37)33-24-11-7-8-12-24/h3-6,9-10,13-18,22,24H,7-8,11-12,19-20H2,1-2H3,(H,33,37)/t22-/m0/s1. The summed E-state index contributed by atoms with van der Waals surface area (Å²) in [7, 11) is -4.21. The van der Waals surface area contributed by atoms with Crippen LogP contribution in [0.3, 0.4) is 0 Å².